The fourth-order valence-electron chi connectivity index (χ4n) is 2.50. The average molecular weight is 379 g/mol. The van der Waals surface area contributed by atoms with Crippen LogP contribution in [0.2, 0.25) is 5.02 Å². The van der Waals surface area contributed by atoms with Gasteiger partial charge in [0.25, 0.3) is 0 Å². The van der Waals surface area contributed by atoms with Crippen LogP contribution in [-0.2, 0) is 0 Å². The van der Waals surface area contributed by atoms with Crippen LogP contribution in [0.4, 0.5) is 11.6 Å². The molecule has 0 saturated heterocycles. The molecular formula is C20H19ClN6. The smallest absolute Gasteiger partial charge is 0.163 e. The fourth-order valence-corrected chi connectivity index (χ4v) is 2.72. The lowest BCUT2D eigenvalue weighted by Crippen LogP contribution is -2.16. The topological polar surface area (TPSA) is 86.5 Å². The van der Waals surface area contributed by atoms with Crippen molar-refractivity contribution in [3.8, 4) is 17.5 Å². The average Bonchev–Trinajstić information content (AvgIpc) is 2.69. The predicted molar refractivity (Wildman–Crippen MR) is 108 cm³/mol. The Hall–Kier alpha value is -3.17. The van der Waals surface area contributed by atoms with E-state index in [-0.39, 0.29) is 0 Å². The van der Waals surface area contributed by atoms with Crippen molar-refractivity contribution in [2.24, 2.45) is 0 Å². The molecule has 2 heterocycles. The Labute approximate surface area is 163 Å². The fraction of sp³-hybridized carbons (Fsp3) is 0.200. The number of hydrogen-bond acceptors (Lipinski definition) is 6. The lowest BCUT2D eigenvalue weighted by molar-refractivity contribution is 1.01. The minimum absolute atomic E-state index is 0.540. The normalized spacial score (nSPS) is 10.3. The van der Waals surface area contributed by atoms with Crippen molar-refractivity contribution in [3.05, 3.63) is 64.4 Å². The number of aromatic nitrogens is 3. The lowest BCUT2D eigenvalue weighted by Gasteiger charge is -2.13. The van der Waals surface area contributed by atoms with Crippen molar-refractivity contribution in [2.75, 3.05) is 23.7 Å². The molecule has 0 aliphatic rings. The number of nitrogens with zero attached hydrogens (tertiary/aromatic N) is 4. The van der Waals surface area contributed by atoms with Crippen molar-refractivity contribution in [2.45, 2.75) is 13.8 Å². The van der Waals surface area contributed by atoms with Crippen LogP contribution in [0.1, 0.15) is 16.8 Å². The SMILES string of the molecule is Cc1nc(-c2ccccc2Cl)nc(NCCNc2ccc(C#N)cn2)c1C. The van der Waals surface area contributed by atoms with Gasteiger partial charge in [-0.15, -0.1) is 0 Å². The number of aryl methyl sites for hydroxylation is 1. The van der Waals surface area contributed by atoms with Gasteiger partial charge in [0, 0.05) is 36.1 Å². The van der Waals surface area contributed by atoms with Gasteiger partial charge in [-0.1, -0.05) is 23.7 Å². The van der Waals surface area contributed by atoms with Gasteiger partial charge in [-0.2, -0.15) is 5.26 Å². The van der Waals surface area contributed by atoms with Crippen LogP contribution >= 0.6 is 11.6 Å². The predicted octanol–water partition coefficient (Wildman–Crippen LogP) is 4.20. The highest BCUT2D eigenvalue weighted by molar-refractivity contribution is 6.33. The van der Waals surface area contributed by atoms with Gasteiger partial charge in [0.2, 0.25) is 0 Å². The standard InChI is InChI=1S/C20H19ClN6/c1-13-14(2)26-20(16-5-3-4-6-17(16)21)27-19(13)24-10-9-23-18-8-7-15(11-22)12-25-18/h3-8,12H,9-10H2,1-2H3,(H,23,25)(H,24,26,27). The zero-order valence-corrected chi connectivity index (χ0v) is 15.9. The third-order valence-corrected chi connectivity index (χ3v) is 4.45. The summed E-state index contributed by atoms with van der Waals surface area (Å²) >= 11 is 6.28. The van der Waals surface area contributed by atoms with Crippen molar-refractivity contribution < 1.29 is 0 Å². The number of halogens is 1. The van der Waals surface area contributed by atoms with Gasteiger partial charge in [0.15, 0.2) is 5.82 Å². The molecule has 0 amide bonds. The number of pyridine rings is 1. The van der Waals surface area contributed by atoms with Gasteiger partial charge in [0.05, 0.1) is 10.6 Å². The monoisotopic (exact) mass is 378 g/mol. The molecule has 136 valence electrons. The molecular weight excluding hydrogens is 360 g/mol. The molecule has 0 aliphatic carbocycles. The molecule has 0 unspecified atom stereocenters. The molecule has 0 atom stereocenters. The van der Waals surface area contributed by atoms with E-state index in [1.54, 1.807) is 18.3 Å². The summed E-state index contributed by atoms with van der Waals surface area (Å²) in [5, 5.41) is 16.0. The summed E-state index contributed by atoms with van der Waals surface area (Å²) in [6.45, 7) is 5.26. The second kappa shape index (κ2) is 8.47. The molecule has 0 bridgehead atoms. The maximum Gasteiger partial charge on any atom is 0.163 e. The van der Waals surface area contributed by atoms with Gasteiger partial charge < -0.3 is 10.6 Å². The van der Waals surface area contributed by atoms with Crippen molar-refractivity contribution in [3.63, 3.8) is 0 Å². The van der Waals surface area contributed by atoms with Gasteiger partial charge in [0.1, 0.15) is 17.7 Å². The molecule has 27 heavy (non-hydrogen) atoms. The van der Waals surface area contributed by atoms with E-state index in [2.05, 4.69) is 31.7 Å². The van der Waals surface area contributed by atoms with Crippen LogP contribution < -0.4 is 10.6 Å². The Morgan fingerprint density at radius 3 is 2.52 bits per heavy atom. The van der Waals surface area contributed by atoms with Gasteiger partial charge in [-0.05, 0) is 38.1 Å². The summed E-state index contributed by atoms with van der Waals surface area (Å²) in [4.78, 5) is 13.4. The van der Waals surface area contributed by atoms with E-state index in [4.69, 9.17) is 16.9 Å². The highest BCUT2D eigenvalue weighted by atomic mass is 35.5. The molecule has 3 aromatic rings. The number of nitriles is 1. The number of rotatable bonds is 6. The molecule has 0 aliphatic heterocycles. The van der Waals surface area contributed by atoms with Crippen molar-refractivity contribution in [1.82, 2.24) is 15.0 Å². The first-order valence-electron chi connectivity index (χ1n) is 8.52. The third-order valence-electron chi connectivity index (χ3n) is 4.12. The van der Waals surface area contributed by atoms with E-state index >= 15 is 0 Å². The van der Waals surface area contributed by atoms with Crippen LogP contribution in [-0.4, -0.2) is 28.0 Å². The van der Waals surface area contributed by atoms with E-state index < -0.39 is 0 Å². The van der Waals surface area contributed by atoms with E-state index in [9.17, 15) is 0 Å². The molecule has 1 aromatic carbocycles. The van der Waals surface area contributed by atoms with E-state index in [1.165, 1.54) is 0 Å². The van der Waals surface area contributed by atoms with E-state index in [0.717, 1.165) is 28.5 Å². The van der Waals surface area contributed by atoms with Crippen molar-refractivity contribution >= 4 is 23.2 Å². The molecule has 0 radical (unpaired) electrons. The molecule has 0 fully saturated rings. The maximum atomic E-state index is 8.80. The Morgan fingerprint density at radius 1 is 1.04 bits per heavy atom. The summed E-state index contributed by atoms with van der Waals surface area (Å²) < 4.78 is 0. The first-order chi connectivity index (χ1) is 13.1. The molecule has 3 rings (SSSR count). The molecule has 2 N–H and O–H groups in total. The summed E-state index contributed by atoms with van der Waals surface area (Å²) in [6.07, 6.45) is 1.55. The van der Waals surface area contributed by atoms with Gasteiger partial charge in [-0.25, -0.2) is 15.0 Å². The van der Waals surface area contributed by atoms with Crippen LogP contribution in [0, 0.1) is 25.2 Å². The Balaban J connectivity index is 1.67. The first kappa shape index (κ1) is 18.6. The van der Waals surface area contributed by atoms with Crippen LogP contribution in [0.25, 0.3) is 11.4 Å². The second-order valence-electron chi connectivity index (χ2n) is 5.98. The molecule has 0 saturated carbocycles. The number of nitrogens with one attached hydrogen (secondary N) is 2. The van der Waals surface area contributed by atoms with Crippen molar-refractivity contribution in [1.29, 1.82) is 5.26 Å². The zero-order chi connectivity index (χ0) is 19.2. The Bertz CT molecular complexity index is 979. The second-order valence-corrected chi connectivity index (χ2v) is 6.39. The summed E-state index contributed by atoms with van der Waals surface area (Å²) in [7, 11) is 0. The van der Waals surface area contributed by atoms with E-state index in [1.807, 2.05) is 38.1 Å². The minimum Gasteiger partial charge on any atom is -0.368 e. The molecule has 6 nitrogen and oxygen atoms in total. The zero-order valence-electron chi connectivity index (χ0n) is 15.1. The summed E-state index contributed by atoms with van der Waals surface area (Å²) in [5.74, 6) is 2.11. The minimum atomic E-state index is 0.540. The number of hydrogen-bond donors (Lipinski definition) is 2. The van der Waals surface area contributed by atoms with Crippen LogP contribution in [0.3, 0.4) is 0 Å². The summed E-state index contributed by atoms with van der Waals surface area (Å²) in [5.41, 5.74) is 3.26. The highest BCUT2D eigenvalue weighted by Crippen LogP contribution is 2.27. The van der Waals surface area contributed by atoms with Gasteiger partial charge in [-0.3, -0.25) is 0 Å². The highest BCUT2D eigenvalue weighted by Gasteiger charge is 2.11. The van der Waals surface area contributed by atoms with E-state index in [0.29, 0.717) is 29.5 Å². The molecule has 2 aromatic heterocycles. The number of anilines is 2. The summed E-state index contributed by atoms with van der Waals surface area (Å²) in [6, 6.07) is 13.1. The largest absolute Gasteiger partial charge is 0.368 e. The van der Waals surface area contributed by atoms with Gasteiger partial charge >= 0.3 is 0 Å². The third kappa shape index (κ3) is 4.52. The first-order valence-corrected chi connectivity index (χ1v) is 8.90. The van der Waals surface area contributed by atoms with Crippen LogP contribution in [0.15, 0.2) is 42.6 Å². The maximum absolute atomic E-state index is 8.80. The lowest BCUT2D eigenvalue weighted by atomic mass is 10.2. The Morgan fingerprint density at radius 2 is 1.81 bits per heavy atom. The Kier molecular flexibility index (Phi) is 5.84. The molecule has 7 heteroatoms. The quantitative estimate of drug-likeness (QED) is 0.625. The van der Waals surface area contributed by atoms with Crippen LogP contribution in [0.5, 0.6) is 0 Å². The number of benzene rings is 1. The molecule has 0 spiro atoms.